The van der Waals surface area contributed by atoms with Crippen molar-refractivity contribution in [2.75, 3.05) is 13.2 Å². The molecule has 2 N–H and O–H groups in total. The highest BCUT2D eigenvalue weighted by Crippen LogP contribution is 2.28. The highest BCUT2D eigenvalue weighted by Gasteiger charge is 2.39. The standard InChI is InChI=1S/C16H15ClN2O5/c17-11-4-2-1-3-10(11)13-7-12(19-24-13)15(22)18-16(8-14(20)21)5-6-23-9-16/h1-4,7H,5-6,8-9H2,(H,18,22)(H,20,21). The third-order valence-corrected chi connectivity index (χ3v) is 4.18. The predicted octanol–water partition coefficient (Wildman–Crippen LogP) is 2.36. The number of aromatic nitrogens is 1. The topological polar surface area (TPSA) is 102 Å². The first-order valence-corrected chi connectivity index (χ1v) is 7.71. The summed E-state index contributed by atoms with van der Waals surface area (Å²) >= 11 is 6.09. The van der Waals surface area contributed by atoms with E-state index in [0.29, 0.717) is 29.4 Å². The molecule has 0 aliphatic carbocycles. The van der Waals surface area contributed by atoms with Crippen LogP contribution in [0.4, 0.5) is 0 Å². The van der Waals surface area contributed by atoms with E-state index < -0.39 is 17.4 Å². The predicted molar refractivity (Wildman–Crippen MR) is 84.8 cm³/mol. The van der Waals surface area contributed by atoms with Gasteiger partial charge in [0.15, 0.2) is 11.5 Å². The zero-order valence-electron chi connectivity index (χ0n) is 12.6. The minimum absolute atomic E-state index is 0.0570. The van der Waals surface area contributed by atoms with Crippen LogP contribution in [0.15, 0.2) is 34.9 Å². The van der Waals surface area contributed by atoms with E-state index in [-0.39, 0.29) is 18.7 Å². The Hall–Kier alpha value is -2.38. The number of rotatable bonds is 5. The maximum absolute atomic E-state index is 12.4. The molecule has 1 atom stereocenters. The van der Waals surface area contributed by atoms with Crippen LogP contribution in [0.3, 0.4) is 0 Å². The summed E-state index contributed by atoms with van der Waals surface area (Å²) in [6.45, 7) is 0.553. The van der Waals surface area contributed by atoms with Gasteiger partial charge >= 0.3 is 5.97 Å². The van der Waals surface area contributed by atoms with Crippen molar-refractivity contribution in [1.29, 1.82) is 0 Å². The van der Waals surface area contributed by atoms with Gasteiger partial charge in [-0.1, -0.05) is 28.9 Å². The van der Waals surface area contributed by atoms with Gasteiger partial charge < -0.3 is 19.7 Å². The average Bonchev–Trinajstić information content (AvgIpc) is 3.17. The van der Waals surface area contributed by atoms with Crippen molar-refractivity contribution in [1.82, 2.24) is 10.5 Å². The summed E-state index contributed by atoms with van der Waals surface area (Å²) in [5.74, 6) is -1.15. The lowest BCUT2D eigenvalue weighted by atomic mass is 9.94. The van der Waals surface area contributed by atoms with Crippen LogP contribution in [0.2, 0.25) is 5.02 Å². The number of nitrogens with zero attached hydrogens (tertiary/aromatic N) is 1. The average molecular weight is 351 g/mol. The second kappa shape index (κ2) is 6.62. The Morgan fingerprint density at radius 1 is 1.38 bits per heavy atom. The summed E-state index contributed by atoms with van der Waals surface area (Å²) in [7, 11) is 0. The van der Waals surface area contributed by atoms with E-state index >= 15 is 0 Å². The summed E-state index contributed by atoms with van der Waals surface area (Å²) in [5.41, 5.74) is -0.247. The van der Waals surface area contributed by atoms with E-state index in [9.17, 15) is 9.59 Å². The molecule has 2 aromatic rings. The summed E-state index contributed by atoms with van der Waals surface area (Å²) in [6.07, 6.45) is 0.216. The number of aliphatic carboxylic acids is 1. The van der Waals surface area contributed by atoms with Crippen LogP contribution in [0.5, 0.6) is 0 Å². The monoisotopic (exact) mass is 350 g/mol. The number of carboxylic acid groups (broad SMARTS) is 1. The Morgan fingerprint density at radius 2 is 2.17 bits per heavy atom. The molecule has 24 heavy (non-hydrogen) atoms. The maximum Gasteiger partial charge on any atom is 0.305 e. The molecule has 0 spiro atoms. The lowest BCUT2D eigenvalue weighted by molar-refractivity contribution is -0.138. The molecule has 8 heteroatoms. The number of benzene rings is 1. The Kier molecular flexibility index (Phi) is 4.55. The summed E-state index contributed by atoms with van der Waals surface area (Å²) in [5, 5.41) is 16.0. The Bertz CT molecular complexity index is 767. The molecule has 1 amide bonds. The number of hydrogen-bond acceptors (Lipinski definition) is 5. The van der Waals surface area contributed by atoms with Crippen molar-refractivity contribution in [3.8, 4) is 11.3 Å². The molecule has 3 rings (SSSR count). The van der Waals surface area contributed by atoms with E-state index in [2.05, 4.69) is 10.5 Å². The molecule has 126 valence electrons. The van der Waals surface area contributed by atoms with Crippen molar-refractivity contribution in [3.05, 3.63) is 41.0 Å². The van der Waals surface area contributed by atoms with Crippen molar-refractivity contribution in [2.24, 2.45) is 0 Å². The van der Waals surface area contributed by atoms with Crippen LogP contribution in [0.1, 0.15) is 23.3 Å². The zero-order valence-corrected chi connectivity index (χ0v) is 13.4. The van der Waals surface area contributed by atoms with Crippen molar-refractivity contribution >= 4 is 23.5 Å². The van der Waals surface area contributed by atoms with Crippen LogP contribution in [-0.4, -0.2) is 40.9 Å². The second-order valence-corrected chi connectivity index (χ2v) is 6.07. The number of amides is 1. The molecule has 1 unspecified atom stereocenters. The smallest absolute Gasteiger partial charge is 0.305 e. The Morgan fingerprint density at radius 3 is 2.83 bits per heavy atom. The maximum atomic E-state index is 12.4. The molecule has 1 aliphatic rings. The molecule has 1 saturated heterocycles. The Balaban J connectivity index is 1.79. The largest absolute Gasteiger partial charge is 0.481 e. The van der Waals surface area contributed by atoms with Gasteiger partial charge in [-0.3, -0.25) is 9.59 Å². The number of carbonyl (C=O) groups is 2. The van der Waals surface area contributed by atoms with Gasteiger partial charge in [0.1, 0.15) is 0 Å². The SMILES string of the molecule is O=C(O)CC1(NC(=O)c2cc(-c3ccccc3Cl)on2)CCOC1. The van der Waals surface area contributed by atoms with Gasteiger partial charge in [-0.05, 0) is 18.6 Å². The van der Waals surface area contributed by atoms with Crippen molar-refractivity contribution in [3.63, 3.8) is 0 Å². The zero-order chi connectivity index (χ0) is 17.2. The highest BCUT2D eigenvalue weighted by atomic mass is 35.5. The fourth-order valence-electron chi connectivity index (χ4n) is 2.65. The van der Waals surface area contributed by atoms with E-state index in [4.69, 9.17) is 26.0 Å². The van der Waals surface area contributed by atoms with Crippen LogP contribution in [0.25, 0.3) is 11.3 Å². The lowest BCUT2D eigenvalue weighted by Gasteiger charge is -2.26. The molecular formula is C16H15ClN2O5. The molecule has 1 aliphatic heterocycles. The number of nitrogens with one attached hydrogen (secondary N) is 1. The second-order valence-electron chi connectivity index (χ2n) is 5.66. The van der Waals surface area contributed by atoms with Gasteiger partial charge in [0.25, 0.3) is 5.91 Å². The van der Waals surface area contributed by atoms with Crippen LogP contribution >= 0.6 is 11.6 Å². The van der Waals surface area contributed by atoms with Crippen LogP contribution in [0, 0.1) is 0 Å². The summed E-state index contributed by atoms with van der Waals surface area (Å²) in [6, 6.07) is 8.51. The quantitative estimate of drug-likeness (QED) is 0.858. The normalized spacial score (nSPS) is 20.0. The minimum Gasteiger partial charge on any atom is -0.481 e. The fourth-order valence-corrected chi connectivity index (χ4v) is 2.88. The lowest BCUT2D eigenvalue weighted by Crippen LogP contribution is -2.50. The Labute approximate surface area is 142 Å². The molecular weight excluding hydrogens is 336 g/mol. The van der Waals surface area contributed by atoms with Crippen LogP contribution in [-0.2, 0) is 9.53 Å². The van der Waals surface area contributed by atoms with Gasteiger partial charge in [-0.25, -0.2) is 0 Å². The number of carbonyl (C=O) groups excluding carboxylic acids is 1. The van der Waals surface area contributed by atoms with E-state index in [1.165, 1.54) is 6.07 Å². The first-order chi connectivity index (χ1) is 11.5. The van der Waals surface area contributed by atoms with Gasteiger partial charge in [-0.2, -0.15) is 0 Å². The molecule has 1 aromatic heterocycles. The van der Waals surface area contributed by atoms with Gasteiger partial charge in [-0.15, -0.1) is 0 Å². The first-order valence-electron chi connectivity index (χ1n) is 7.33. The minimum atomic E-state index is -1.00. The molecule has 0 bridgehead atoms. The molecule has 2 heterocycles. The third kappa shape index (κ3) is 3.42. The molecule has 1 aromatic carbocycles. The molecule has 0 radical (unpaired) electrons. The first kappa shape index (κ1) is 16.5. The summed E-state index contributed by atoms with van der Waals surface area (Å²) in [4.78, 5) is 23.5. The summed E-state index contributed by atoms with van der Waals surface area (Å²) < 4.78 is 10.4. The number of ether oxygens (including phenoxy) is 1. The third-order valence-electron chi connectivity index (χ3n) is 3.85. The van der Waals surface area contributed by atoms with E-state index in [0.717, 1.165) is 0 Å². The van der Waals surface area contributed by atoms with E-state index in [1.54, 1.807) is 24.3 Å². The fraction of sp³-hybridized carbons (Fsp3) is 0.312. The number of halogens is 1. The van der Waals surface area contributed by atoms with Gasteiger partial charge in [0, 0.05) is 18.2 Å². The molecule has 1 fully saturated rings. The van der Waals surface area contributed by atoms with Gasteiger partial charge in [0.05, 0.1) is 23.6 Å². The highest BCUT2D eigenvalue weighted by molar-refractivity contribution is 6.33. The molecule has 0 saturated carbocycles. The van der Waals surface area contributed by atoms with Crippen molar-refractivity contribution < 1.29 is 24.0 Å². The number of carboxylic acids is 1. The molecule has 7 nitrogen and oxygen atoms in total. The van der Waals surface area contributed by atoms with Crippen molar-refractivity contribution in [2.45, 2.75) is 18.4 Å². The van der Waals surface area contributed by atoms with Crippen LogP contribution < -0.4 is 5.32 Å². The van der Waals surface area contributed by atoms with Gasteiger partial charge in [0.2, 0.25) is 0 Å². The van der Waals surface area contributed by atoms with E-state index in [1.807, 2.05) is 0 Å². The number of hydrogen-bond donors (Lipinski definition) is 2.